The monoisotopic (exact) mass is 124 g/mol. The Hall–Kier alpha value is -1.25. The van der Waals surface area contributed by atoms with E-state index in [1.54, 1.807) is 12.1 Å². The molecule has 1 aromatic heterocycles. The van der Waals surface area contributed by atoms with Gasteiger partial charge in [0.25, 0.3) is 5.91 Å². The van der Waals surface area contributed by atoms with Gasteiger partial charge in [-0.3, -0.25) is 4.79 Å². The van der Waals surface area contributed by atoms with Gasteiger partial charge < -0.3 is 9.73 Å². The molecule has 0 aliphatic heterocycles. The standard InChI is InChI=1S/C6H6NO2/c1-7-6(8)5-3-2-4-9-5/h2-4H,1H2,(H,7,8). The van der Waals surface area contributed by atoms with Crippen molar-refractivity contribution in [1.82, 2.24) is 5.32 Å². The van der Waals surface area contributed by atoms with Crippen LogP contribution >= 0.6 is 0 Å². The van der Waals surface area contributed by atoms with E-state index in [0.29, 0.717) is 0 Å². The van der Waals surface area contributed by atoms with E-state index in [0.717, 1.165) is 0 Å². The van der Waals surface area contributed by atoms with Crippen LogP contribution in [0.3, 0.4) is 0 Å². The molecule has 47 valence electrons. The van der Waals surface area contributed by atoms with E-state index in [1.807, 2.05) is 0 Å². The summed E-state index contributed by atoms with van der Waals surface area (Å²) in [6, 6.07) is 3.21. The van der Waals surface area contributed by atoms with Gasteiger partial charge in [0.15, 0.2) is 5.76 Å². The van der Waals surface area contributed by atoms with E-state index in [1.165, 1.54) is 6.26 Å². The Morgan fingerprint density at radius 2 is 2.56 bits per heavy atom. The zero-order valence-electron chi connectivity index (χ0n) is 4.76. The summed E-state index contributed by atoms with van der Waals surface area (Å²) in [5, 5.41) is 2.18. The van der Waals surface area contributed by atoms with Crippen LogP contribution in [0.4, 0.5) is 0 Å². The smallest absolute Gasteiger partial charge is 0.287 e. The number of rotatable bonds is 1. The predicted molar refractivity (Wildman–Crippen MR) is 31.5 cm³/mol. The van der Waals surface area contributed by atoms with E-state index in [9.17, 15) is 4.79 Å². The Kier molecular flexibility index (Phi) is 1.53. The van der Waals surface area contributed by atoms with E-state index < -0.39 is 0 Å². The van der Waals surface area contributed by atoms with Crippen molar-refractivity contribution >= 4 is 5.91 Å². The zero-order valence-corrected chi connectivity index (χ0v) is 4.76. The van der Waals surface area contributed by atoms with Crippen molar-refractivity contribution in [1.29, 1.82) is 0 Å². The number of hydrogen-bond acceptors (Lipinski definition) is 2. The van der Waals surface area contributed by atoms with Gasteiger partial charge in [0, 0.05) is 7.05 Å². The maximum absolute atomic E-state index is 10.6. The highest BCUT2D eigenvalue weighted by molar-refractivity contribution is 5.91. The Labute approximate surface area is 52.7 Å². The lowest BCUT2D eigenvalue weighted by atomic mass is 10.4. The number of hydrogen-bond donors (Lipinski definition) is 1. The normalized spacial score (nSPS) is 9.00. The third-order valence-corrected chi connectivity index (χ3v) is 0.906. The summed E-state index contributed by atoms with van der Waals surface area (Å²) >= 11 is 0. The van der Waals surface area contributed by atoms with Crippen molar-refractivity contribution < 1.29 is 9.21 Å². The molecule has 0 fully saturated rings. The SMILES string of the molecule is [CH2]NC(=O)c1ccco1. The average Bonchev–Trinajstić information content (AvgIpc) is 2.37. The van der Waals surface area contributed by atoms with Gasteiger partial charge in [0.1, 0.15) is 0 Å². The van der Waals surface area contributed by atoms with Gasteiger partial charge in [-0.25, -0.2) is 0 Å². The molecule has 0 spiro atoms. The minimum Gasteiger partial charge on any atom is -0.459 e. The Bertz CT molecular complexity index is 191. The molecule has 1 N–H and O–H groups in total. The summed E-state index contributed by atoms with van der Waals surface area (Å²) < 4.78 is 4.73. The average molecular weight is 124 g/mol. The highest BCUT2D eigenvalue weighted by Gasteiger charge is 2.02. The second-order valence-electron chi connectivity index (χ2n) is 1.48. The second-order valence-corrected chi connectivity index (χ2v) is 1.48. The molecule has 0 saturated heterocycles. The van der Waals surface area contributed by atoms with E-state index >= 15 is 0 Å². The summed E-state index contributed by atoms with van der Waals surface area (Å²) in [4.78, 5) is 10.6. The topological polar surface area (TPSA) is 42.2 Å². The third-order valence-electron chi connectivity index (χ3n) is 0.906. The maximum Gasteiger partial charge on any atom is 0.287 e. The van der Waals surface area contributed by atoms with Crippen LogP contribution < -0.4 is 5.32 Å². The second kappa shape index (κ2) is 2.35. The van der Waals surface area contributed by atoms with E-state index in [4.69, 9.17) is 4.42 Å². The lowest BCUT2D eigenvalue weighted by Crippen LogP contribution is -2.14. The van der Waals surface area contributed by atoms with Gasteiger partial charge in [0.2, 0.25) is 0 Å². The van der Waals surface area contributed by atoms with Crippen LogP contribution in [0.25, 0.3) is 0 Å². The van der Waals surface area contributed by atoms with Crippen molar-refractivity contribution in [3.8, 4) is 0 Å². The molecule has 0 aliphatic carbocycles. The number of amides is 1. The molecule has 0 bridgehead atoms. The first-order valence-electron chi connectivity index (χ1n) is 2.45. The third kappa shape index (κ3) is 1.10. The molecular weight excluding hydrogens is 118 g/mol. The van der Waals surface area contributed by atoms with Crippen molar-refractivity contribution in [3.05, 3.63) is 31.2 Å². The summed E-state index contributed by atoms with van der Waals surface area (Å²) in [5.41, 5.74) is 0. The molecule has 1 heterocycles. The Morgan fingerprint density at radius 3 is 3.00 bits per heavy atom. The van der Waals surface area contributed by atoms with Gasteiger partial charge >= 0.3 is 0 Å². The molecule has 0 aromatic carbocycles. The first-order chi connectivity index (χ1) is 4.34. The molecule has 3 heteroatoms. The van der Waals surface area contributed by atoms with Gasteiger partial charge in [-0.05, 0) is 12.1 Å². The predicted octanol–water partition coefficient (Wildman–Crippen LogP) is 0.801. The van der Waals surface area contributed by atoms with Gasteiger partial charge in [-0.1, -0.05) is 0 Å². The fourth-order valence-corrected chi connectivity index (χ4v) is 0.495. The minimum absolute atomic E-state index is 0.282. The van der Waals surface area contributed by atoms with E-state index in [-0.39, 0.29) is 11.7 Å². The molecule has 0 atom stereocenters. The van der Waals surface area contributed by atoms with Gasteiger partial charge in [-0.15, -0.1) is 0 Å². The number of nitrogens with one attached hydrogen (secondary N) is 1. The van der Waals surface area contributed by atoms with Crippen molar-refractivity contribution in [2.24, 2.45) is 0 Å². The highest BCUT2D eigenvalue weighted by atomic mass is 16.3. The Morgan fingerprint density at radius 1 is 1.78 bits per heavy atom. The molecule has 1 amide bonds. The number of carbonyl (C=O) groups is 1. The minimum atomic E-state index is -0.306. The van der Waals surface area contributed by atoms with Gasteiger partial charge in [-0.2, -0.15) is 0 Å². The van der Waals surface area contributed by atoms with Crippen LogP contribution in [-0.2, 0) is 0 Å². The van der Waals surface area contributed by atoms with E-state index in [2.05, 4.69) is 12.4 Å². The molecule has 0 saturated carbocycles. The summed E-state index contributed by atoms with van der Waals surface area (Å²) in [6.45, 7) is 0. The molecule has 3 nitrogen and oxygen atoms in total. The molecule has 9 heavy (non-hydrogen) atoms. The summed E-state index contributed by atoms with van der Waals surface area (Å²) in [7, 11) is 3.18. The molecule has 0 aliphatic rings. The number of carbonyl (C=O) groups excluding carboxylic acids is 1. The summed E-state index contributed by atoms with van der Waals surface area (Å²) in [6.07, 6.45) is 1.44. The number of furan rings is 1. The first-order valence-corrected chi connectivity index (χ1v) is 2.45. The molecule has 0 unspecified atom stereocenters. The van der Waals surface area contributed by atoms with Crippen LogP contribution in [0.1, 0.15) is 10.6 Å². The highest BCUT2D eigenvalue weighted by Crippen LogP contribution is 1.97. The van der Waals surface area contributed by atoms with Crippen molar-refractivity contribution in [3.63, 3.8) is 0 Å². The van der Waals surface area contributed by atoms with Crippen LogP contribution in [0, 0.1) is 7.05 Å². The lowest BCUT2D eigenvalue weighted by molar-refractivity contribution is 0.0942. The van der Waals surface area contributed by atoms with Gasteiger partial charge in [0.05, 0.1) is 6.26 Å². The lowest BCUT2D eigenvalue weighted by Gasteiger charge is -1.89. The molecule has 1 aromatic rings. The maximum atomic E-state index is 10.6. The first kappa shape index (κ1) is 5.88. The fraction of sp³-hybridized carbons (Fsp3) is 0. The zero-order chi connectivity index (χ0) is 6.69. The van der Waals surface area contributed by atoms with Crippen LogP contribution in [-0.4, -0.2) is 5.91 Å². The summed E-state index contributed by atoms with van der Waals surface area (Å²) in [5.74, 6) is -0.0231. The van der Waals surface area contributed by atoms with Crippen LogP contribution in [0.2, 0.25) is 0 Å². The van der Waals surface area contributed by atoms with Crippen molar-refractivity contribution in [2.45, 2.75) is 0 Å². The largest absolute Gasteiger partial charge is 0.459 e. The quantitative estimate of drug-likeness (QED) is 0.601. The van der Waals surface area contributed by atoms with Crippen LogP contribution in [0.5, 0.6) is 0 Å². The molecule has 1 rings (SSSR count). The molecule has 1 radical (unpaired) electrons. The Balaban J connectivity index is 2.77. The van der Waals surface area contributed by atoms with Crippen molar-refractivity contribution in [2.75, 3.05) is 0 Å². The van der Waals surface area contributed by atoms with Crippen LogP contribution in [0.15, 0.2) is 22.8 Å². The fourth-order valence-electron chi connectivity index (χ4n) is 0.495. The molecular formula is C6H6NO2.